The van der Waals surface area contributed by atoms with Gasteiger partial charge in [-0.1, -0.05) is 0 Å². The van der Waals surface area contributed by atoms with E-state index in [1.165, 1.54) is 5.56 Å². The molecule has 0 saturated heterocycles. The summed E-state index contributed by atoms with van der Waals surface area (Å²) >= 11 is 0. The lowest BCUT2D eigenvalue weighted by molar-refractivity contribution is 0.168. The van der Waals surface area contributed by atoms with Gasteiger partial charge in [-0.3, -0.25) is 5.32 Å². The normalized spacial score (nSPS) is 9.95. The summed E-state index contributed by atoms with van der Waals surface area (Å²) in [4.78, 5) is 14.2. The minimum absolute atomic E-state index is 0.363. The molecule has 0 saturated carbocycles. The number of aromatic nitrogens is 1. The van der Waals surface area contributed by atoms with Crippen LogP contribution in [-0.4, -0.2) is 17.7 Å². The molecule has 19 heavy (non-hydrogen) atoms. The van der Waals surface area contributed by atoms with Gasteiger partial charge in [0.15, 0.2) is 0 Å². The second kappa shape index (κ2) is 6.49. The number of hydrogen-bond donors (Lipinski definition) is 3. The van der Waals surface area contributed by atoms with Gasteiger partial charge in [-0.25, -0.2) is 4.79 Å². The van der Waals surface area contributed by atoms with Crippen molar-refractivity contribution < 1.29 is 9.53 Å². The number of nitrogens with one attached hydrogen (secondary N) is 3. The summed E-state index contributed by atoms with van der Waals surface area (Å²) in [5.41, 5.74) is 2.90. The van der Waals surface area contributed by atoms with Crippen LogP contribution in [0.25, 0.3) is 0 Å². The van der Waals surface area contributed by atoms with Gasteiger partial charge in [-0.15, -0.1) is 0 Å². The number of rotatable bonds is 5. The summed E-state index contributed by atoms with van der Waals surface area (Å²) in [6.45, 7) is 2.89. The van der Waals surface area contributed by atoms with Gasteiger partial charge in [0.25, 0.3) is 0 Å². The molecular weight excluding hydrogens is 242 g/mol. The topological polar surface area (TPSA) is 66.2 Å². The lowest BCUT2D eigenvalue weighted by atomic mass is 10.2. The van der Waals surface area contributed by atoms with Crippen molar-refractivity contribution in [2.75, 3.05) is 17.2 Å². The number of ether oxygens (including phenoxy) is 1. The van der Waals surface area contributed by atoms with E-state index in [0.29, 0.717) is 12.3 Å². The number of H-pyrrole nitrogens is 1. The van der Waals surface area contributed by atoms with Crippen LogP contribution in [0.4, 0.5) is 16.2 Å². The Hall–Kier alpha value is -2.43. The summed E-state index contributed by atoms with van der Waals surface area (Å²) in [6, 6.07) is 9.50. The fraction of sp³-hybridized carbons (Fsp3) is 0.214. The third-order valence-corrected chi connectivity index (χ3v) is 2.57. The molecule has 0 radical (unpaired) electrons. The Balaban J connectivity index is 1.85. The Labute approximate surface area is 112 Å². The minimum Gasteiger partial charge on any atom is -0.450 e. The number of carbonyl (C=O) groups is 1. The van der Waals surface area contributed by atoms with Crippen molar-refractivity contribution in [3.8, 4) is 0 Å². The SMILES string of the molecule is CCOC(=O)Nc1ccc(NCc2cc[nH]c2)cc1. The van der Waals surface area contributed by atoms with Crippen LogP contribution in [0.2, 0.25) is 0 Å². The molecule has 0 aliphatic carbocycles. The van der Waals surface area contributed by atoms with Crippen molar-refractivity contribution >= 4 is 17.5 Å². The number of benzene rings is 1. The van der Waals surface area contributed by atoms with Crippen molar-refractivity contribution in [3.63, 3.8) is 0 Å². The Morgan fingerprint density at radius 1 is 1.21 bits per heavy atom. The van der Waals surface area contributed by atoms with Crippen LogP contribution in [0, 0.1) is 0 Å². The Morgan fingerprint density at radius 2 is 1.95 bits per heavy atom. The minimum atomic E-state index is -0.435. The quantitative estimate of drug-likeness (QED) is 0.772. The first-order valence-electron chi connectivity index (χ1n) is 6.17. The largest absolute Gasteiger partial charge is 0.450 e. The van der Waals surface area contributed by atoms with Gasteiger partial charge < -0.3 is 15.0 Å². The van der Waals surface area contributed by atoms with Gasteiger partial charge in [0, 0.05) is 30.3 Å². The number of aromatic amines is 1. The third kappa shape index (κ3) is 4.06. The number of carbonyl (C=O) groups excluding carboxylic acids is 1. The molecule has 3 N–H and O–H groups in total. The Morgan fingerprint density at radius 3 is 2.58 bits per heavy atom. The van der Waals surface area contributed by atoms with E-state index in [-0.39, 0.29) is 0 Å². The van der Waals surface area contributed by atoms with E-state index in [1.54, 1.807) is 6.92 Å². The zero-order chi connectivity index (χ0) is 13.5. The summed E-state index contributed by atoms with van der Waals surface area (Å²) in [6.07, 6.45) is 3.41. The number of hydrogen-bond acceptors (Lipinski definition) is 3. The second-order valence-corrected chi connectivity index (χ2v) is 4.00. The molecule has 0 aliphatic rings. The zero-order valence-electron chi connectivity index (χ0n) is 10.8. The first kappa shape index (κ1) is 13.0. The van der Waals surface area contributed by atoms with E-state index in [9.17, 15) is 4.79 Å². The van der Waals surface area contributed by atoms with E-state index < -0.39 is 6.09 Å². The highest BCUT2D eigenvalue weighted by atomic mass is 16.5. The molecule has 1 aromatic carbocycles. The monoisotopic (exact) mass is 259 g/mol. The molecule has 0 unspecified atom stereocenters. The van der Waals surface area contributed by atoms with Crippen LogP contribution >= 0.6 is 0 Å². The lowest BCUT2D eigenvalue weighted by Crippen LogP contribution is -2.13. The summed E-state index contributed by atoms with van der Waals surface area (Å²) in [7, 11) is 0. The van der Waals surface area contributed by atoms with Gasteiger partial charge in [-0.05, 0) is 42.8 Å². The van der Waals surface area contributed by atoms with Gasteiger partial charge >= 0.3 is 6.09 Å². The lowest BCUT2D eigenvalue weighted by Gasteiger charge is -2.08. The smallest absolute Gasteiger partial charge is 0.411 e. The van der Waals surface area contributed by atoms with Crippen molar-refractivity contribution in [3.05, 3.63) is 48.3 Å². The van der Waals surface area contributed by atoms with Gasteiger partial charge in [0.05, 0.1) is 6.61 Å². The van der Waals surface area contributed by atoms with E-state index in [4.69, 9.17) is 4.74 Å². The molecule has 2 rings (SSSR count). The highest BCUT2D eigenvalue weighted by molar-refractivity contribution is 5.84. The van der Waals surface area contributed by atoms with E-state index in [0.717, 1.165) is 12.2 Å². The fourth-order valence-corrected chi connectivity index (χ4v) is 1.63. The summed E-state index contributed by atoms with van der Waals surface area (Å²) in [5, 5.41) is 5.93. The van der Waals surface area contributed by atoms with Crippen LogP contribution in [-0.2, 0) is 11.3 Å². The predicted octanol–water partition coefficient (Wildman–Crippen LogP) is 3.20. The predicted molar refractivity (Wildman–Crippen MR) is 75.2 cm³/mol. The summed E-state index contributed by atoms with van der Waals surface area (Å²) < 4.78 is 4.80. The Kier molecular flexibility index (Phi) is 4.44. The van der Waals surface area contributed by atoms with Gasteiger partial charge in [0.2, 0.25) is 0 Å². The molecule has 0 atom stereocenters. The van der Waals surface area contributed by atoms with Crippen LogP contribution < -0.4 is 10.6 Å². The molecule has 100 valence electrons. The molecule has 0 spiro atoms. The van der Waals surface area contributed by atoms with E-state index in [2.05, 4.69) is 15.6 Å². The molecule has 0 aliphatic heterocycles. The van der Waals surface area contributed by atoms with Crippen molar-refractivity contribution in [2.45, 2.75) is 13.5 Å². The highest BCUT2D eigenvalue weighted by Gasteiger charge is 2.01. The molecule has 0 fully saturated rings. The molecule has 1 aromatic heterocycles. The average molecular weight is 259 g/mol. The fourth-order valence-electron chi connectivity index (χ4n) is 1.63. The Bertz CT molecular complexity index is 506. The maximum atomic E-state index is 11.2. The highest BCUT2D eigenvalue weighted by Crippen LogP contribution is 2.14. The number of anilines is 2. The maximum absolute atomic E-state index is 11.2. The van der Waals surface area contributed by atoms with E-state index in [1.807, 2.05) is 42.7 Å². The zero-order valence-corrected chi connectivity index (χ0v) is 10.8. The summed E-state index contributed by atoms with van der Waals surface area (Å²) in [5.74, 6) is 0. The van der Waals surface area contributed by atoms with Crippen LogP contribution in [0.15, 0.2) is 42.7 Å². The van der Waals surface area contributed by atoms with Crippen molar-refractivity contribution in [1.29, 1.82) is 0 Å². The second-order valence-electron chi connectivity index (χ2n) is 4.00. The maximum Gasteiger partial charge on any atom is 0.411 e. The van der Waals surface area contributed by atoms with E-state index >= 15 is 0 Å². The number of amides is 1. The molecular formula is C14H17N3O2. The van der Waals surface area contributed by atoms with Crippen LogP contribution in [0.5, 0.6) is 0 Å². The average Bonchev–Trinajstić information content (AvgIpc) is 2.91. The van der Waals surface area contributed by atoms with Crippen LogP contribution in [0.1, 0.15) is 12.5 Å². The third-order valence-electron chi connectivity index (χ3n) is 2.57. The van der Waals surface area contributed by atoms with Crippen molar-refractivity contribution in [1.82, 2.24) is 4.98 Å². The molecule has 1 amide bonds. The molecule has 1 heterocycles. The van der Waals surface area contributed by atoms with Crippen LogP contribution in [0.3, 0.4) is 0 Å². The molecule has 5 nitrogen and oxygen atoms in total. The first-order valence-corrected chi connectivity index (χ1v) is 6.17. The van der Waals surface area contributed by atoms with Crippen molar-refractivity contribution in [2.24, 2.45) is 0 Å². The van der Waals surface area contributed by atoms with Gasteiger partial charge in [-0.2, -0.15) is 0 Å². The molecule has 0 bridgehead atoms. The van der Waals surface area contributed by atoms with Gasteiger partial charge in [0.1, 0.15) is 0 Å². The standard InChI is InChI=1S/C14H17N3O2/c1-2-19-14(18)17-13-5-3-12(4-6-13)16-10-11-7-8-15-9-11/h3-9,15-16H,2,10H2,1H3,(H,17,18). The molecule has 2 aromatic rings. The first-order chi connectivity index (χ1) is 9.28. The molecule has 5 heteroatoms.